The summed E-state index contributed by atoms with van der Waals surface area (Å²) in [5.41, 5.74) is 2.30. The molecule has 0 fully saturated rings. The molecule has 3 nitrogen and oxygen atoms in total. The first kappa shape index (κ1) is 14.7. The SMILES string of the molecule is COc1cc(Cl)c(-c2cccc(C(=O)O)c2C)cc1Cl. The lowest BCUT2D eigenvalue weighted by Gasteiger charge is -2.12. The van der Waals surface area contributed by atoms with Crippen molar-refractivity contribution in [2.24, 2.45) is 0 Å². The largest absolute Gasteiger partial charge is 0.495 e. The quantitative estimate of drug-likeness (QED) is 0.895. The molecule has 0 saturated heterocycles. The Balaban J connectivity index is 2.66. The molecule has 0 amide bonds. The van der Waals surface area contributed by atoms with Crippen LogP contribution in [0, 0.1) is 6.92 Å². The summed E-state index contributed by atoms with van der Waals surface area (Å²) in [6.45, 7) is 1.74. The van der Waals surface area contributed by atoms with Crippen LogP contribution in [0.1, 0.15) is 15.9 Å². The van der Waals surface area contributed by atoms with Gasteiger partial charge in [0.2, 0.25) is 0 Å². The van der Waals surface area contributed by atoms with Gasteiger partial charge >= 0.3 is 5.97 Å². The van der Waals surface area contributed by atoms with Crippen molar-refractivity contribution in [2.45, 2.75) is 6.92 Å². The van der Waals surface area contributed by atoms with Gasteiger partial charge in [0, 0.05) is 11.6 Å². The number of carbonyl (C=O) groups is 1. The lowest BCUT2D eigenvalue weighted by Crippen LogP contribution is -2.01. The Morgan fingerprint density at radius 1 is 1.15 bits per heavy atom. The summed E-state index contributed by atoms with van der Waals surface area (Å²) in [6, 6.07) is 8.34. The highest BCUT2D eigenvalue weighted by Crippen LogP contribution is 2.38. The standard InChI is InChI=1S/C15H12Cl2O3/c1-8-9(4-3-5-10(8)15(18)19)11-6-13(17)14(20-2)7-12(11)16/h3-7H,1-2H3,(H,18,19). The van der Waals surface area contributed by atoms with Gasteiger partial charge in [0.15, 0.2) is 0 Å². The fraction of sp³-hybridized carbons (Fsp3) is 0.133. The van der Waals surface area contributed by atoms with E-state index in [0.29, 0.717) is 26.9 Å². The van der Waals surface area contributed by atoms with Gasteiger partial charge in [-0.3, -0.25) is 0 Å². The van der Waals surface area contributed by atoms with E-state index in [2.05, 4.69) is 0 Å². The molecule has 0 aromatic heterocycles. The second-order valence-corrected chi connectivity index (χ2v) is 5.06. The number of halogens is 2. The molecule has 0 saturated carbocycles. The van der Waals surface area contributed by atoms with Crippen LogP contribution in [-0.2, 0) is 0 Å². The number of carboxylic acid groups (broad SMARTS) is 1. The van der Waals surface area contributed by atoms with Crippen LogP contribution in [0.15, 0.2) is 30.3 Å². The summed E-state index contributed by atoms with van der Waals surface area (Å²) in [5, 5.41) is 10.0. The Labute approximate surface area is 126 Å². The van der Waals surface area contributed by atoms with Crippen molar-refractivity contribution in [3.63, 3.8) is 0 Å². The third-order valence-electron chi connectivity index (χ3n) is 3.10. The van der Waals surface area contributed by atoms with Crippen LogP contribution in [0.4, 0.5) is 0 Å². The average molecular weight is 311 g/mol. The van der Waals surface area contributed by atoms with Gasteiger partial charge in [-0.1, -0.05) is 35.3 Å². The Hall–Kier alpha value is -1.71. The lowest BCUT2D eigenvalue weighted by atomic mass is 9.96. The fourth-order valence-electron chi connectivity index (χ4n) is 2.05. The van der Waals surface area contributed by atoms with Crippen LogP contribution in [0.25, 0.3) is 11.1 Å². The van der Waals surface area contributed by atoms with Gasteiger partial charge in [-0.2, -0.15) is 0 Å². The Bertz CT molecular complexity index is 681. The smallest absolute Gasteiger partial charge is 0.335 e. The van der Waals surface area contributed by atoms with Gasteiger partial charge < -0.3 is 9.84 Å². The first-order valence-electron chi connectivity index (χ1n) is 5.82. The third-order valence-corrected chi connectivity index (χ3v) is 3.70. The minimum atomic E-state index is -0.972. The number of aromatic carboxylic acids is 1. The van der Waals surface area contributed by atoms with Gasteiger partial charge in [-0.15, -0.1) is 0 Å². The van der Waals surface area contributed by atoms with Gasteiger partial charge in [0.05, 0.1) is 22.7 Å². The molecule has 2 aromatic carbocycles. The normalized spacial score (nSPS) is 10.4. The van der Waals surface area contributed by atoms with Crippen LogP contribution < -0.4 is 4.74 Å². The molecule has 2 rings (SSSR count). The predicted molar refractivity (Wildman–Crippen MR) is 80.1 cm³/mol. The molecule has 5 heteroatoms. The zero-order chi connectivity index (χ0) is 14.9. The van der Waals surface area contributed by atoms with Crippen molar-refractivity contribution in [1.82, 2.24) is 0 Å². The highest BCUT2D eigenvalue weighted by Gasteiger charge is 2.15. The Morgan fingerprint density at radius 2 is 1.85 bits per heavy atom. The number of ether oxygens (including phenoxy) is 1. The molecule has 0 unspecified atom stereocenters. The number of carboxylic acids is 1. The summed E-state index contributed by atoms with van der Waals surface area (Å²) >= 11 is 12.3. The molecular weight excluding hydrogens is 299 g/mol. The molecule has 0 aliphatic carbocycles. The molecular formula is C15H12Cl2O3. The topological polar surface area (TPSA) is 46.5 Å². The van der Waals surface area contributed by atoms with Crippen LogP contribution in [0.3, 0.4) is 0 Å². The third kappa shape index (κ3) is 2.60. The molecule has 0 atom stereocenters. The van der Waals surface area contributed by atoms with Gasteiger partial charge in [-0.05, 0) is 30.2 Å². The first-order chi connectivity index (χ1) is 9.45. The van der Waals surface area contributed by atoms with E-state index in [-0.39, 0.29) is 5.56 Å². The molecule has 1 N–H and O–H groups in total. The second kappa shape index (κ2) is 5.73. The summed E-state index contributed by atoms with van der Waals surface area (Å²) < 4.78 is 5.10. The van der Waals surface area contributed by atoms with Crippen LogP contribution in [0.5, 0.6) is 5.75 Å². The molecule has 0 aliphatic rings. The van der Waals surface area contributed by atoms with E-state index >= 15 is 0 Å². The van der Waals surface area contributed by atoms with Crippen LogP contribution in [0.2, 0.25) is 10.0 Å². The van der Waals surface area contributed by atoms with Gasteiger partial charge in [0.25, 0.3) is 0 Å². The Kier molecular flexibility index (Phi) is 4.21. The highest BCUT2D eigenvalue weighted by molar-refractivity contribution is 6.36. The number of methoxy groups -OCH3 is 1. The molecule has 0 spiro atoms. The van der Waals surface area contributed by atoms with E-state index in [4.69, 9.17) is 33.0 Å². The van der Waals surface area contributed by atoms with E-state index in [0.717, 1.165) is 5.56 Å². The summed E-state index contributed by atoms with van der Waals surface area (Å²) in [5.74, 6) is -0.493. The van der Waals surface area contributed by atoms with E-state index < -0.39 is 5.97 Å². The Morgan fingerprint density at radius 3 is 2.45 bits per heavy atom. The monoisotopic (exact) mass is 310 g/mol. The zero-order valence-corrected chi connectivity index (χ0v) is 12.4. The van der Waals surface area contributed by atoms with Crippen molar-refractivity contribution in [1.29, 1.82) is 0 Å². The average Bonchev–Trinajstić information content (AvgIpc) is 2.41. The number of hydrogen-bond donors (Lipinski definition) is 1. The van der Waals surface area contributed by atoms with Crippen molar-refractivity contribution in [2.75, 3.05) is 7.11 Å². The van der Waals surface area contributed by atoms with Crippen molar-refractivity contribution >= 4 is 29.2 Å². The van der Waals surface area contributed by atoms with E-state index in [1.807, 2.05) is 6.07 Å². The maximum atomic E-state index is 11.2. The molecule has 0 aliphatic heterocycles. The molecule has 2 aromatic rings. The summed E-state index contributed by atoms with van der Waals surface area (Å²) in [7, 11) is 1.51. The van der Waals surface area contributed by atoms with E-state index in [1.165, 1.54) is 7.11 Å². The summed E-state index contributed by atoms with van der Waals surface area (Å²) in [4.78, 5) is 11.2. The number of rotatable bonds is 3. The number of benzene rings is 2. The first-order valence-corrected chi connectivity index (χ1v) is 6.57. The molecule has 0 bridgehead atoms. The van der Waals surface area contributed by atoms with Crippen molar-refractivity contribution in [3.8, 4) is 16.9 Å². The minimum Gasteiger partial charge on any atom is -0.495 e. The minimum absolute atomic E-state index is 0.241. The maximum absolute atomic E-state index is 11.2. The van der Waals surface area contributed by atoms with E-state index in [1.54, 1.807) is 31.2 Å². The van der Waals surface area contributed by atoms with Gasteiger partial charge in [-0.25, -0.2) is 4.79 Å². The molecule has 0 heterocycles. The number of hydrogen-bond acceptors (Lipinski definition) is 2. The second-order valence-electron chi connectivity index (χ2n) is 4.25. The summed E-state index contributed by atoms with van der Waals surface area (Å²) in [6.07, 6.45) is 0. The van der Waals surface area contributed by atoms with Crippen LogP contribution in [-0.4, -0.2) is 18.2 Å². The van der Waals surface area contributed by atoms with Crippen LogP contribution >= 0.6 is 23.2 Å². The van der Waals surface area contributed by atoms with Gasteiger partial charge in [0.1, 0.15) is 5.75 Å². The molecule has 20 heavy (non-hydrogen) atoms. The lowest BCUT2D eigenvalue weighted by molar-refractivity contribution is 0.0696. The highest BCUT2D eigenvalue weighted by atomic mass is 35.5. The molecule has 104 valence electrons. The van der Waals surface area contributed by atoms with Crippen molar-refractivity contribution in [3.05, 3.63) is 51.5 Å². The zero-order valence-electron chi connectivity index (χ0n) is 10.9. The fourth-order valence-corrected chi connectivity index (χ4v) is 2.55. The van der Waals surface area contributed by atoms with E-state index in [9.17, 15) is 4.79 Å². The maximum Gasteiger partial charge on any atom is 0.335 e. The van der Waals surface area contributed by atoms with Crippen molar-refractivity contribution < 1.29 is 14.6 Å². The predicted octanol–water partition coefficient (Wildman–Crippen LogP) is 4.68. The molecule has 0 radical (unpaired) electrons.